The molecule has 1 fully saturated rings. The predicted octanol–water partition coefficient (Wildman–Crippen LogP) is 0.204. The first kappa shape index (κ1) is 8.69. The van der Waals surface area contributed by atoms with E-state index in [0.29, 0.717) is 0 Å². The molecule has 13 heavy (non-hydrogen) atoms. The van der Waals surface area contributed by atoms with Crippen molar-refractivity contribution >= 4 is 11.6 Å². The fraction of sp³-hybridized carbons (Fsp3) is 0.778. The maximum Gasteiger partial charge on any atom is 0.255 e. The molecule has 2 aliphatic rings. The highest BCUT2D eigenvalue weighted by atomic mass is 16.2. The van der Waals surface area contributed by atoms with Gasteiger partial charge in [0.2, 0.25) is 0 Å². The molecule has 4 nitrogen and oxygen atoms in total. The molecule has 1 amide bonds. The highest BCUT2D eigenvalue weighted by Crippen LogP contribution is 2.34. The quantitative estimate of drug-likeness (QED) is 0.628. The second kappa shape index (κ2) is 2.80. The van der Waals surface area contributed by atoms with E-state index in [4.69, 9.17) is 0 Å². The minimum absolute atomic E-state index is 0.150. The monoisotopic (exact) mass is 181 g/mol. The molecule has 72 valence electrons. The molecule has 0 bridgehead atoms. The second-order valence-electron chi connectivity index (χ2n) is 3.74. The summed E-state index contributed by atoms with van der Waals surface area (Å²) in [5.41, 5.74) is 0.758. The molecule has 0 aromatic heterocycles. The lowest BCUT2D eigenvalue weighted by molar-refractivity contribution is -0.135. The molecule has 2 rings (SSSR count). The van der Waals surface area contributed by atoms with Crippen LogP contribution in [0.2, 0.25) is 0 Å². The van der Waals surface area contributed by atoms with E-state index in [9.17, 15) is 4.79 Å². The van der Waals surface area contributed by atoms with E-state index in [0.717, 1.165) is 31.6 Å². The van der Waals surface area contributed by atoms with Crippen LogP contribution in [0.15, 0.2) is 5.10 Å². The van der Waals surface area contributed by atoms with Gasteiger partial charge in [-0.2, -0.15) is 5.10 Å². The molecular weight excluding hydrogens is 166 g/mol. The number of hydrogen-bond donors (Lipinski definition) is 1. The van der Waals surface area contributed by atoms with E-state index in [1.807, 2.05) is 0 Å². The Morgan fingerprint density at radius 1 is 1.69 bits per heavy atom. The van der Waals surface area contributed by atoms with Crippen molar-refractivity contribution in [2.75, 3.05) is 20.1 Å². The minimum atomic E-state index is -0.312. The molecule has 0 radical (unpaired) electrons. The van der Waals surface area contributed by atoms with Gasteiger partial charge < -0.3 is 5.32 Å². The summed E-state index contributed by atoms with van der Waals surface area (Å²) in [7, 11) is 1.74. The molecule has 0 saturated carbocycles. The third-order valence-corrected chi connectivity index (χ3v) is 3.10. The lowest BCUT2D eigenvalue weighted by Gasteiger charge is -2.31. The van der Waals surface area contributed by atoms with Crippen molar-refractivity contribution in [3.63, 3.8) is 0 Å². The fourth-order valence-electron chi connectivity index (χ4n) is 2.21. The van der Waals surface area contributed by atoms with Gasteiger partial charge in [0.15, 0.2) is 0 Å². The zero-order valence-corrected chi connectivity index (χ0v) is 8.13. The average molecular weight is 181 g/mol. The first-order valence-electron chi connectivity index (χ1n) is 4.77. The van der Waals surface area contributed by atoms with Gasteiger partial charge in [-0.05, 0) is 6.42 Å². The molecule has 4 heteroatoms. The third-order valence-electron chi connectivity index (χ3n) is 3.10. The van der Waals surface area contributed by atoms with E-state index in [-0.39, 0.29) is 11.3 Å². The summed E-state index contributed by atoms with van der Waals surface area (Å²) in [6.45, 7) is 3.76. The van der Waals surface area contributed by atoms with Gasteiger partial charge in [0, 0.05) is 26.6 Å². The highest BCUT2D eigenvalue weighted by Gasteiger charge is 2.49. The van der Waals surface area contributed by atoms with Crippen LogP contribution in [0.1, 0.15) is 19.8 Å². The van der Waals surface area contributed by atoms with E-state index in [2.05, 4.69) is 17.3 Å². The van der Waals surface area contributed by atoms with Crippen LogP contribution in [0, 0.1) is 5.41 Å². The number of nitrogens with zero attached hydrogens (tertiary/aromatic N) is 2. The number of hydrogen-bond acceptors (Lipinski definition) is 3. The van der Waals surface area contributed by atoms with Crippen molar-refractivity contribution in [1.82, 2.24) is 10.3 Å². The van der Waals surface area contributed by atoms with Crippen molar-refractivity contribution < 1.29 is 4.79 Å². The van der Waals surface area contributed by atoms with Gasteiger partial charge >= 0.3 is 0 Å². The smallest absolute Gasteiger partial charge is 0.255 e. The Bertz CT molecular complexity index is 274. The van der Waals surface area contributed by atoms with Gasteiger partial charge in [-0.1, -0.05) is 6.92 Å². The number of amides is 1. The van der Waals surface area contributed by atoms with Gasteiger partial charge in [-0.15, -0.1) is 0 Å². The zero-order chi connectivity index (χ0) is 9.47. The van der Waals surface area contributed by atoms with Crippen LogP contribution in [-0.2, 0) is 4.79 Å². The number of piperidine rings is 1. The third kappa shape index (κ3) is 1.01. The summed E-state index contributed by atoms with van der Waals surface area (Å²) < 4.78 is 0. The van der Waals surface area contributed by atoms with Gasteiger partial charge in [0.05, 0.1) is 5.71 Å². The zero-order valence-electron chi connectivity index (χ0n) is 8.13. The Labute approximate surface area is 78.0 Å². The molecule has 0 spiro atoms. The van der Waals surface area contributed by atoms with E-state index < -0.39 is 0 Å². The topological polar surface area (TPSA) is 44.7 Å². The maximum absolute atomic E-state index is 11.9. The summed E-state index contributed by atoms with van der Waals surface area (Å²) in [4.78, 5) is 11.9. The van der Waals surface area contributed by atoms with Crippen molar-refractivity contribution in [3.05, 3.63) is 0 Å². The van der Waals surface area contributed by atoms with E-state index >= 15 is 0 Å². The first-order chi connectivity index (χ1) is 6.20. The summed E-state index contributed by atoms with van der Waals surface area (Å²) in [6, 6.07) is 0. The van der Waals surface area contributed by atoms with Crippen LogP contribution in [-0.4, -0.2) is 36.8 Å². The number of nitrogens with one attached hydrogen (secondary N) is 1. The molecule has 0 aromatic carbocycles. The van der Waals surface area contributed by atoms with Crippen molar-refractivity contribution in [2.24, 2.45) is 10.5 Å². The lowest BCUT2D eigenvalue weighted by Crippen LogP contribution is -2.50. The van der Waals surface area contributed by atoms with Crippen molar-refractivity contribution in [1.29, 1.82) is 0 Å². The number of carbonyl (C=O) groups excluding carboxylic acids is 1. The van der Waals surface area contributed by atoms with Crippen LogP contribution in [0.4, 0.5) is 0 Å². The Balaban J connectivity index is 2.37. The second-order valence-corrected chi connectivity index (χ2v) is 3.74. The van der Waals surface area contributed by atoms with E-state index in [1.165, 1.54) is 5.01 Å². The van der Waals surface area contributed by atoms with Gasteiger partial charge in [-0.25, -0.2) is 5.01 Å². The van der Waals surface area contributed by atoms with Crippen LogP contribution in [0.5, 0.6) is 0 Å². The average Bonchev–Trinajstić information content (AvgIpc) is 2.41. The summed E-state index contributed by atoms with van der Waals surface area (Å²) in [6.07, 6.45) is 1.76. The SMILES string of the molecule is CCC12CNCCC1=NN(C)C2=O. The standard InChI is InChI=1S/C9H15N3O/c1-3-9-6-10-5-4-7(9)11-12(2)8(9)13/h10H,3-6H2,1-2H3. The van der Waals surface area contributed by atoms with Crippen LogP contribution < -0.4 is 5.32 Å². The van der Waals surface area contributed by atoms with E-state index in [1.54, 1.807) is 7.05 Å². The number of carbonyl (C=O) groups is 1. The number of rotatable bonds is 1. The Morgan fingerprint density at radius 2 is 2.46 bits per heavy atom. The molecule has 2 heterocycles. The Kier molecular flexibility index (Phi) is 1.87. The molecule has 2 aliphatic heterocycles. The number of hydrazone groups is 1. The van der Waals surface area contributed by atoms with Crippen LogP contribution in [0.3, 0.4) is 0 Å². The number of fused-ring (bicyclic) bond motifs is 1. The molecule has 1 unspecified atom stereocenters. The van der Waals surface area contributed by atoms with Crippen LogP contribution >= 0.6 is 0 Å². The molecule has 1 N–H and O–H groups in total. The molecule has 1 atom stereocenters. The predicted molar refractivity (Wildman–Crippen MR) is 50.4 cm³/mol. The molecule has 0 aromatic rings. The Morgan fingerprint density at radius 3 is 3.08 bits per heavy atom. The lowest BCUT2D eigenvalue weighted by atomic mass is 9.76. The van der Waals surface area contributed by atoms with Gasteiger partial charge in [-0.3, -0.25) is 4.79 Å². The summed E-state index contributed by atoms with van der Waals surface area (Å²) in [5, 5.41) is 9.06. The largest absolute Gasteiger partial charge is 0.315 e. The van der Waals surface area contributed by atoms with Crippen molar-refractivity contribution in [3.8, 4) is 0 Å². The van der Waals surface area contributed by atoms with Crippen molar-refractivity contribution in [2.45, 2.75) is 19.8 Å². The van der Waals surface area contributed by atoms with Gasteiger partial charge in [0.1, 0.15) is 5.41 Å². The maximum atomic E-state index is 11.9. The summed E-state index contributed by atoms with van der Waals surface area (Å²) in [5.74, 6) is 0.150. The molecule has 1 saturated heterocycles. The highest BCUT2D eigenvalue weighted by molar-refractivity contribution is 6.12. The minimum Gasteiger partial charge on any atom is -0.315 e. The fourth-order valence-corrected chi connectivity index (χ4v) is 2.21. The Hall–Kier alpha value is -0.900. The normalized spacial score (nSPS) is 33.2. The van der Waals surface area contributed by atoms with Gasteiger partial charge in [0.25, 0.3) is 5.91 Å². The summed E-state index contributed by atoms with van der Waals surface area (Å²) >= 11 is 0. The molecule has 0 aliphatic carbocycles. The van der Waals surface area contributed by atoms with Crippen LogP contribution in [0.25, 0.3) is 0 Å². The molecular formula is C9H15N3O. The first-order valence-corrected chi connectivity index (χ1v) is 4.77.